The van der Waals surface area contributed by atoms with Crippen molar-refractivity contribution in [2.75, 3.05) is 33.3 Å². The highest BCUT2D eigenvalue weighted by Crippen LogP contribution is 2.28. The zero-order valence-electron chi connectivity index (χ0n) is 14.5. The normalized spacial score (nSPS) is 22.8. The summed E-state index contributed by atoms with van der Waals surface area (Å²) in [6, 6.07) is -0.219. The van der Waals surface area contributed by atoms with Gasteiger partial charge in [0.25, 0.3) is 0 Å². The molecular formula is C16H32N2O3. The van der Waals surface area contributed by atoms with Crippen molar-refractivity contribution in [2.24, 2.45) is 0 Å². The van der Waals surface area contributed by atoms with Gasteiger partial charge < -0.3 is 14.8 Å². The van der Waals surface area contributed by atoms with Gasteiger partial charge in [0.05, 0.1) is 18.3 Å². The van der Waals surface area contributed by atoms with E-state index in [0.717, 1.165) is 39.0 Å². The van der Waals surface area contributed by atoms with Crippen LogP contribution < -0.4 is 5.32 Å². The van der Waals surface area contributed by atoms with Crippen molar-refractivity contribution in [1.29, 1.82) is 0 Å². The van der Waals surface area contributed by atoms with Crippen molar-refractivity contribution in [2.45, 2.75) is 64.7 Å². The van der Waals surface area contributed by atoms with Crippen LogP contribution in [0.5, 0.6) is 0 Å². The molecule has 1 heterocycles. The van der Waals surface area contributed by atoms with Crippen molar-refractivity contribution >= 4 is 5.97 Å². The SMILES string of the molecule is CCCNC(CCN1CC(C)(C)OC(C)(C)C1)C(=O)OC. The lowest BCUT2D eigenvalue weighted by atomic mass is 9.98. The quantitative estimate of drug-likeness (QED) is 0.727. The van der Waals surface area contributed by atoms with Crippen LogP contribution in [0.25, 0.3) is 0 Å². The van der Waals surface area contributed by atoms with Crippen LogP contribution >= 0.6 is 0 Å². The molecule has 1 N–H and O–H groups in total. The molecular weight excluding hydrogens is 268 g/mol. The Bertz CT molecular complexity index is 326. The molecule has 0 amide bonds. The molecule has 5 nitrogen and oxygen atoms in total. The van der Waals surface area contributed by atoms with Crippen molar-refractivity contribution in [1.82, 2.24) is 10.2 Å². The van der Waals surface area contributed by atoms with Crippen molar-refractivity contribution < 1.29 is 14.3 Å². The summed E-state index contributed by atoms with van der Waals surface area (Å²) in [4.78, 5) is 14.2. The van der Waals surface area contributed by atoms with Crippen LogP contribution in [-0.2, 0) is 14.3 Å². The van der Waals surface area contributed by atoms with Gasteiger partial charge >= 0.3 is 5.97 Å². The third-order valence-electron chi connectivity index (χ3n) is 3.62. The zero-order chi connectivity index (χ0) is 16.1. The van der Waals surface area contributed by atoms with Gasteiger partial charge in [-0.25, -0.2) is 0 Å². The number of esters is 1. The first kappa shape index (κ1) is 18.4. The third kappa shape index (κ3) is 6.32. The summed E-state index contributed by atoms with van der Waals surface area (Å²) in [5.74, 6) is -0.171. The Labute approximate surface area is 129 Å². The first-order valence-corrected chi connectivity index (χ1v) is 7.93. The molecule has 0 spiro atoms. The van der Waals surface area contributed by atoms with Gasteiger partial charge in [0.1, 0.15) is 6.04 Å². The van der Waals surface area contributed by atoms with E-state index >= 15 is 0 Å². The molecule has 1 atom stereocenters. The van der Waals surface area contributed by atoms with Crippen LogP contribution in [0.15, 0.2) is 0 Å². The first-order valence-electron chi connectivity index (χ1n) is 7.93. The van der Waals surface area contributed by atoms with Gasteiger partial charge in [-0.3, -0.25) is 9.69 Å². The highest BCUT2D eigenvalue weighted by molar-refractivity contribution is 5.75. The van der Waals surface area contributed by atoms with E-state index in [-0.39, 0.29) is 23.2 Å². The highest BCUT2D eigenvalue weighted by atomic mass is 16.5. The molecule has 0 aromatic rings. The van der Waals surface area contributed by atoms with E-state index < -0.39 is 0 Å². The molecule has 1 aliphatic rings. The van der Waals surface area contributed by atoms with Crippen LogP contribution in [0.2, 0.25) is 0 Å². The molecule has 0 radical (unpaired) electrons. The summed E-state index contributed by atoms with van der Waals surface area (Å²) in [6.45, 7) is 14.0. The number of rotatable bonds is 7. The van der Waals surface area contributed by atoms with Crippen LogP contribution in [0.4, 0.5) is 0 Å². The van der Waals surface area contributed by atoms with E-state index in [4.69, 9.17) is 9.47 Å². The van der Waals surface area contributed by atoms with E-state index in [0.29, 0.717) is 0 Å². The average Bonchev–Trinajstić information content (AvgIpc) is 2.34. The number of nitrogens with zero attached hydrogens (tertiary/aromatic N) is 1. The zero-order valence-corrected chi connectivity index (χ0v) is 14.5. The maximum atomic E-state index is 11.8. The van der Waals surface area contributed by atoms with Crippen molar-refractivity contribution in [3.63, 3.8) is 0 Å². The molecule has 1 saturated heterocycles. The molecule has 1 fully saturated rings. The standard InChI is InChI=1S/C16H32N2O3/c1-7-9-17-13(14(19)20-6)8-10-18-11-15(2,3)21-16(4,5)12-18/h13,17H,7-12H2,1-6H3. The van der Waals surface area contributed by atoms with Gasteiger partial charge in [-0.1, -0.05) is 6.92 Å². The third-order valence-corrected chi connectivity index (χ3v) is 3.62. The second-order valence-corrected chi connectivity index (χ2v) is 7.15. The van der Waals surface area contributed by atoms with Gasteiger partial charge in [0.2, 0.25) is 0 Å². The molecule has 124 valence electrons. The van der Waals surface area contributed by atoms with Crippen LogP contribution in [0, 0.1) is 0 Å². The van der Waals surface area contributed by atoms with E-state index in [1.165, 1.54) is 7.11 Å². The van der Waals surface area contributed by atoms with E-state index in [2.05, 4.69) is 44.8 Å². The Hall–Kier alpha value is -0.650. The minimum absolute atomic E-state index is 0.153. The average molecular weight is 300 g/mol. The number of morpholine rings is 1. The molecule has 1 rings (SSSR count). The number of carbonyl (C=O) groups is 1. The molecule has 0 saturated carbocycles. The van der Waals surface area contributed by atoms with Crippen molar-refractivity contribution in [3.05, 3.63) is 0 Å². The van der Waals surface area contributed by atoms with E-state index in [9.17, 15) is 4.79 Å². The summed E-state index contributed by atoms with van der Waals surface area (Å²) in [5, 5.41) is 3.27. The van der Waals surface area contributed by atoms with Gasteiger partial charge in [-0.15, -0.1) is 0 Å². The first-order chi connectivity index (χ1) is 9.69. The summed E-state index contributed by atoms with van der Waals surface area (Å²) < 4.78 is 11.0. The number of hydrogen-bond acceptors (Lipinski definition) is 5. The minimum atomic E-state index is -0.219. The second kappa shape index (κ2) is 7.56. The van der Waals surface area contributed by atoms with Crippen LogP contribution in [0.1, 0.15) is 47.5 Å². The summed E-state index contributed by atoms with van der Waals surface area (Å²) in [7, 11) is 1.45. The van der Waals surface area contributed by atoms with E-state index in [1.54, 1.807) is 0 Å². The molecule has 0 bridgehead atoms. The molecule has 5 heteroatoms. The molecule has 21 heavy (non-hydrogen) atoms. The number of hydrogen-bond donors (Lipinski definition) is 1. The Balaban J connectivity index is 2.56. The lowest BCUT2D eigenvalue weighted by molar-refractivity contribution is -0.180. The highest BCUT2D eigenvalue weighted by Gasteiger charge is 2.38. The Morgan fingerprint density at radius 1 is 1.29 bits per heavy atom. The van der Waals surface area contributed by atoms with E-state index in [1.807, 2.05) is 0 Å². The maximum Gasteiger partial charge on any atom is 0.322 e. The Morgan fingerprint density at radius 3 is 2.33 bits per heavy atom. The lowest BCUT2D eigenvalue weighted by Crippen LogP contribution is -2.57. The minimum Gasteiger partial charge on any atom is -0.468 e. The number of carbonyl (C=O) groups excluding carboxylic acids is 1. The smallest absolute Gasteiger partial charge is 0.322 e. The molecule has 0 aliphatic carbocycles. The predicted octanol–water partition coefficient (Wildman–Crippen LogP) is 1.81. The fourth-order valence-electron chi connectivity index (χ4n) is 3.18. The Kier molecular flexibility index (Phi) is 6.63. The van der Waals surface area contributed by atoms with Gasteiger partial charge in [-0.05, 0) is 47.1 Å². The maximum absolute atomic E-state index is 11.8. The molecule has 1 unspecified atom stereocenters. The molecule has 0 aromatic heterocycles. The number of nitrogens with one attached hydrogen (secondary N) is 1. The lowest BCUT2D eigenvalue weighted by Gasteiger charge is -2.47. The van der Waals surface area contributed by atoms with Crippen molar-refractivity contribution in [3.8, 4) is 0 Å². The summed E-state index contributed by atoms with van der Waals surface area (Å²) in [5.41, 5.74) is -0.307. The molecule has 1 aliphatic heterocycles. The Morgan fingerprint density at radius 2 is 1.86 bits per heavy atom. The largest absolute Gasteiger partial charge is 0.468 e. The summed E-state index contributed by atoms with van der Waals surface area (Å²) >= 11 is 0. The van der Waals surface area contributed by atoms with Crippen LogP contribution in [0.3, 0.4) is 0 Å². The fraction of sp³-hybridized carbons (Fsp3) is 0.938. The second-order valence-electron chi connectivity index (χ2n) is 7.15. The topological polar surface area (TPSA) is 50.8 Å². The number of ether oxygens (including phenoxy) is 2. The van der Waals surface area contributed by atoms with Gasteiger partial charge in [0, 0.05) is 19.6 Å². The van der Waals surface area contributed by atoms with Crippen LogP contribution in [-0.4, -0.2) is 61.4 Å². The predicted molar refractivity (Wildman–Crippen MR) is 84.4 cm³/mol. The van der Waals surface area contributed by atoms with Gasteiger partial charge in [-0.2, -0.15) is 0 Å². The monoisotopic (exact) mass is 300 g/mol. The van der Waals surface area contributed by atoms with Gasteiger partial charge in [0.15, 0.2) is 0 Å². The molecule has 0 aromatic carbocycles. The fourth-order valence-corrected chi connectivity index (χ4v) is 3.18. The summed E-state index contributed by atoms with van der Waals surface area (Å²) in [6.07, 6.45) is 1.77. The number of methoxy groups -OCH3 is 1.